The van der Waals surface area contributed by atoms with Gasteiger partial charge in [0.2, 0.25) is 23.6 Å². The predicted molar refractivity (Wildman–Crippen MR) is 374 cm³/mol. The lowest BCUT2D eigenvalue weighted by Crippen LogP contribution is -2.54. The highest BCUT2D eigenvalue weighted by molar-refractivity contribution is 7.99. The van der Waals surface area contributed by atoms with Gasteiger partial charge in [-0.15, -0.1) is 0 Å². The Morgan fingerprint density at radius 3 is 1.06 bits per heavy atom. The van der Waals surface area contributed by atoms with E-state index in [0.29, 0.717) is 139 Å². The Kier molecular flexibility index (Phi) is 74.4. The van der Waals surface area contributed by atoms with Gasteiger partial charge in [0, 0.05) is 30.9 Å². The fraction of sp³-hybridized carbons (Fsp3) is 0.913. The minimum absolute atomic E-state index is 0.0604. The number of aliphatic hydroxyl groups excluding tert-OH is 1. The number of amides is 4. The summed E-state index contributed by atoms with van der Waals surface area (Å²) in [7, 11) is 0. The highest BCUT2D eigenvalue weighted by Gasteiger charge is 2.24. The molecule has 98 heavy (non-hydrogen) atoms. The summed E-state index contributed by atoms with van der Waals surface area (Å²) in [6.45, 7) is 13.5. The fourth-order valence-electron chi connectivity index (χ4n) is 9.06. The van der Waals surface area contributed by atoms with Gasteiger partial charge >= 0.3 is 12.3 Å². The third kappa shape index (κ3) is 72.0. The van der Waals surface area contributed by atoms with Crippen molar-refractivity contribution in [2.45, 2.75) is 199 Å². The van der Waals surface area contributed by atoms with Gasteiger partial charge in [-0.05, 0) is 12.8 Å². The van der Waals surface area contributed by atoms with Crippen molar-refractivity contribution in [3.05, 3.63) is 0 Å². The van der Waals surface area contributed by atoms with E-state index >= 15 is 0 Å². The van der Waals surface area contributed by atoms with Gasteiger partial charge in [0.15, 0.2) is 0 Å². The van der Waals surface area contributed by atoms with Crippen LogP contribution in [0.25, 0.3) is 0 Å². The van der Waals surface area contributed by atoms with E-state index in [0.717, 1.165) is 44.9 Å². The van der Waals surface area contributed by atoms with Crippen molar-refractivity contribution >= 4 is 47.7 Å². The van der Waals surface area contributed by atoms with Crippen LogP contribution in [0.1, 0.15) is 181 Å². The van der Waals surface area contributed by atoms with Gasteiger partial charge in [-0.25, -0.2) is 9.59 Å². The first-order valence-electron chi connectivity index (χ1n) is 36.7. The van der Waals surface area contributed by atoms with Crippen molar-refractivity contribution in [1.82, 2.24) is 16.0 Å². The average Bonchev–Trinajstić information content (AvgIpc) is 1.18. The molecule has 0 aromatic rings. The molecule has 3 atom stereocenters. The molecule has 0 aromatic carbocycles. The van der Waals surface area contributed by atoms with Crippen LogP contribution in [0.5, 0.6) is 0 Å². The summed E-state index contributed by atoms with van der Waals surface area (Å²) in [6.07, 6.45) is 26.6. The molecule has 0 aliphatic carbocycles. The van der Waals surface area contributed by atoms with Crippen LogP contribution in [-0.2, 0) is 95.0 Å². The predicted octanol–water partition coefficient (Wildman–Crippen LogP) is 7.30. The van der Waals surface area contributed by atoms with Crippen LogP contribution in [0, 0.1) is 0 Å². The molecule has 0 aliphatic heterocycles. The first-order chi connectivity index (χ1) is 48.0. The number of rotatable bonds is 79. The van der Waals surface area contributed by atoms with Gasteiger partial charge in [0.25, 0.3) is 0 Å². The summed E-state index contributed by atoms with van der Waals surface area (Å²) in [4.78, 5) is 73.0. The van der Waals surface area contributed by atoms with Crippen molar-refractivity contribution in [2.24, 2.45) is 11.5 Å². The molecular weight excluding hydrogens is 1300 g/mol. The van der Waals surface area contributed by atoms with Crippen molar-refractivity contribution in [3.63, 3.8) is 0 Å². The van der Waals surface area contributed by atoms with Crippen LogP contribution < -0.4 is 27.4 Å². The number of aliphatic hydroxyl groups is 1. The second kappa shape index (κ2) is 77.4. The Bertz CT molecular complexity index is 1790. The molecule has 0 rings (SSSR count). The lowest BCUT2D eigenvalue weighted by molar-refractivity contribution is -0.130. The van der Waals surface area contributed by atoms with Gasteiger partial charge in [-0.1, -0.05) is 155 Å². The lowest BCUT2D eigenvalue weighted by Gasteiger charge is -2.20. The normalized spacial score (nSPS) is 12.3. The monoisotopic (exact) mass is 1430 g/mol. The molecule has 0 saturated carbocycles. The number of ether oxygens (including phenoxy) is 16. The summed E-state index contributed by atoms with van der Waals surface area (Å²) < 4.78 is 87.4. The van der Waals surface area contributed by atoms with Crippen molar-refractivity contribution in [2.75, 3.05) is 210 Å². The molecule has 8 N–H and O–H groups in total. The molecule has 578 valence electrons. The van der Waals surface area contributed by atoms with Crippen molar-refractivity contribution < 1.29 is 110 Å². The number of thioether (sulfide) groups is 1. The molecule has 0 heterocycles. The number of nitrogens with one attached hydrogen (secondary N) is 3. The quantitative estimate of drug-likeness (QED) is 0.0257. The molecule has 0 saturated heterocycles. The van der Waals surface area contributed by atoms with E-state index in [1.807, 2.05) is 0 Å². The van der Waals surface area contributed by atoms with Gasteiger partial charge in [0.1, 0.15) is 12.1 Å². The highest BCUT2D eigenvalue weighted by Crippen LogP contribution is 2.16. The zero-order chi connectivity index (χ0) is 71.4. The number of nitrogens with two attached hydrogens (primary N) is 2. The Morgan fingerprint density at radius 1 is 0.378 bits per heavy atom. The Hall–Kier alpha value is -3.79. The Morgan fingerprint density at radius 2 is 0.704 bits per heavy atom. The maximum Gasteiger partial charge on any atom is 0.508 e. The third-order valence-corrected chi connectivity index (χ3v) is 15.9. The maximum absolute atomic E-state index is 13.0. The van der Waals surface area contributed by atoms with Crippen molar-refractivity contribution in [3.8, 4) is 0 Å². The van der Waals surface area contributed by atoms with Crippen LogP contribution in [0.15, 0.2) is 0 Å². The first kappa shape index (κ1) is 94.2. The van der Waals surface area contributed by atoms with E-state index in [1.54, 1.807) is 0 Å². The lowest BCUT2D eigenvalue weighted by atomic mass is 10.1. The molecule has 0 radical (unpaired) electrons. The SMILES string of the molecule is CCCCCCCCCCCCCCOC(=O)OCC[C@H](CSC[C@H](N)C(=O)N[C@@H](CO)C(=O)NCCOCCOCCOCCOCCOCCOCCOCCOCCOCCOCCOCCOCCC(=O)NCC(N)=O)OC(=O)OCCCCCCCCCCCCCC. The molecule has 28 nitrogen and oxygen atoms in total. The second-order valence-corrected chi connectivity index (χ2v) is 24.4. The smallest absolute Gasteiger partial charge is 0.434 e. The zero-order valence-electron chi connectivity index (χ0n) is 60.2. The summed E-state index contributed by atoms with van der Waals surface area (Å²) in [6, 6.07) is -2.30. The summed E-state index contributed by atoms with van der Waals surface area (Å²) in [5, 5.41) is 17.4. The standard InChI is InChI=1S/C69H133N5O23S/c1-3-5-7-9-11-13-15-17-19-21-23-25-30-94-68(80)96-33-27-61(97-69(81)95-31-26-24-22-20-18-16-14-12-10-8-6-4-2)59-98-60-62(70)66(78)74-63(58-75)67(79)72-29-34-83-36-38-85-40-42-87-44-46-89-48-50-91-52-54-93-56-55-92-53-51-90-49-47-88-45-43-86-41-39-84-37-35-82-32-28-65(77)73-57-64(71)76/h61-63,75H,3-60,70H2,1-2H3,(H2,71,76)(H,72,79)(H,73,77)(H,74,78)/t61-,62+,63+/m1/s1. The summed E-state index contributed by atoms with van der Waals surface area (Å²) >= 11 is 1.25. The first-order valence-corrected chi connectivity index (χ1v) is 37.8. The van der Waals surface area contributed by atoms with Crippen LogP contribution >= 0.6 is 11.8 Å². The molecule has 0 spiro atoms. The highest BCUT2D eigenvalue weighted by atomic mass is 32.2. The number of hydrogen-bond donors (Lipinski definition) is 6. The van der Waals surface area contributed by atoms with E-state index in [9.17, 15) is 33.9 Å². The minimum atomic E-state index is -1.24. The fourth-order valence-corrected chi connectivity index (χ4v) is 10.1. The zero-order valence-corrected chi connectivity index (χ0v) is 61.1. The van der Waals surface area contributed by atoms with Gasteiger partial charge in [0.05, 0.1) is 198 Å². The maximum atomic E-state index is 13.0. The number of hydrogen-bond acceptors (Lipinski definition) is 25. The molecule has 29 heteroatoms. The van der Waals surface area contributed by atoms with E-state index in [2.05, 4.69) is 29.8 Å². The molecule has 0 unspecified atom stereocenters. The summed E-state index contributed by atoms with van der Waals surface area (Å²) in [5.74, 6) is -1.83. The number of carbonyl (C=O) groups is 6. The number of unbranched alkanes of at least 4 members (excludes halogenated alkanes) is 22. The Balaban J connectivity index is 4.05. The van der Waals surface area contributed by atoms with Crippen LogP contribution in [0.2, 0.25) is 0 Å². The molecule has 0 aromatic heterocycles. The Labute approximate surface area is 591 Å². The van der Waals surface area contributed by atoms with Gasteiger partial charge in [-0.3, -0.25) is 19.2 Å². The molecule has 0 aliphatic rings. The molecule has 4 amide bonds. The topological polar surface area (TPSA) is 358 Å². The summed E-state index contributed by atoms with van der Waals surface area (Å²) in [5.41, 5.74) is 11.2. The van der Waals surface area contributed by atoms with Crippen LogP contribution in [0.4, 0.5) is 9.59 Å². The third-order valence-electron chi connectivity index (χ3n) is 14.7. The molecule has 0 fully saturated rings. The number of primary amides is 1. The van der Waals surface area contributed by atoms with Crippen LogP contribution in [0.3, 0.4) is 0 Å². The van der Waals surface area contributed by atoms with E-state index < -0.39 is 54.8 Å². The van der Waals surface area contributed by atoms with Gasteiger partial charge < -0.3 is 108 Å². The largest absolute Gasteiger partial charge is 0.508 e. The van der Waals surface area contributed by atoms with Crippen LogP contribution in [-0.4, -0.2) is 269 Å². The van der Waals surface area contributed by atoms with E-state index in [1.165, 1.54) is 121 Å². The van der Waals surface area contributed by atoms with Crippen molar-refractivity contribution in [1.29, 1.82) is 0 Å². The number of carbonyl (C=O) groups excluding carboxylic acids is 6. The average molecular weight is 1430 g/mol. The van der Waals surface area contributed by atoms with Gasteiger partial charge in [-0.2, -0.15) is 11.8 Å². The minimum Gasteiger partial charge on any atom is -0.434 e. The molecular formula is C69H133N5O23S. The molecule has 0 bridgehead atoms. The second-order valence-electron chi connectivity index (χ2n) is 23.4. The van der Waals surface area contributed by atoms with E-state index in [-0.39, 0.29) is 83.0 Å². The van der Waals surface area contributed by atoms with E-state index in [4.69, 9.17) is 87.3 Å².